The van der Waals surface area contributed by atoms with Crippen LogP contribution < -0.4 is 14.9 Å². The van der Waals surface area contributed by atoms with Crippen LogP contribution in [0.2, 0.25) is 0 Å². The standard InChI is InChI=1S/C21H23FN4O3S/c22-19-7-3-2-6-18(19)20(14-23)24-21(27)15-30(28,29)25-16-8-10-17(11-9-16)26-12-4-1-5-13-26/h2-3,6-11,20,25H,1,4-5,12-13,15H2,(H,24,27). The zero-order chi connectivity index (χ0) is 21.6. The first kappa shape index (κ1) is 21.6. The summed E-state index contributed by atoms with van der Waals surface area (Å²) in [6.45, 7) is 1.96. The molecule has 0 aliphatic carbocycles. The fourth-order valence-corrected chi connectivity index (χ4v) is 4.37. The van der Waals surface area contributed by atoms with Gasteiger partial charge in [-0.1, -0.05) is 18.2 Å². The highest BCUT2D eigenvalue weighted by molar-refractivity contribution is 7.93. The number of nitriles is 1. The SMILES string of the molecule is N#CC(NC(=O)CS(=O)(=O)Nc1ccc(N2CCCCC2)cc1)c1ccccc1F. The van der Waals surface area contributed by atoms with Crippen LogP contribution in [-0.4, -0.2) is 33.2 Å². The Labute approximate surface area is 175 Å². The molecule has 7 nitrogen and oxygen atoms in total. The third kappa shape index (κ3) is 5.70. The zero-order valence-corrected chi connectivity index (χ0v) is 17.2. The van der Waals surface area contributed by atoms with Gasteiger partial charge in [0.1, 0.15) is 17.6 Å². The molecule has 1 aliphatic rings. The van der Waals surface area contributed by atoms with Crippen LogP contribution in [0.5, 0.6) is 0 Å². The number of sulfonamides is 1. The molecule has 1 heterocycles. The molecule has 0 saturated carbocycles. The number of nitrogens with one attached hydrogen (secondary N) is 2. The van der Waals surface area contributed by atoms with Gasteiger partial charge in [0.25, 0.3) is 0 Å². The molecule has 0 radical (unpaired) electrons. The molecule has 9 heteroatoms. The molecule has 3 rings (SSSR count). The lowest BCUT2D eigenvalue weighted by molar-refractivity contribution is -0.119. The summed E-state index contributed by atoms with van der Waals surface area (Å²) in [5, 5.41) is 11.5. The number of anilines is 2. The Morgan fingerprint density at radius 1 is 1.10 bits per heavy atom. The average Bonchev–Trinajstić information content (AvgIpc) is 2.73. The fraction of sp³-hybridized carbons (Fsp3) is 0.333. The van der Waals surface area contributed by atoms with Gasteiger partial charge in [0.2, 0.25) is 15.9 Å². The van der Waals surface area contributed by atoms with Crippen LogP contribution in [0.25, 0.3) is 0 Å². The Kier molecular flexibility index (Phi) is 6.90. The van der Waals surface area contributed by atoms with E-state index in [1.807, 2.05) is 12.1 Å². The Bertz CT molecular complexity index is 1030. The van der Waals surface area contributed by atoms with Crippen LogP contribution in [0, 0.1) is 17.1 Å². The monoisotopic (exact) mass is 430 g/mol. The van der Waals surface area contributed by atoms with Crippen molar-refractivity contribution in [2.24, 2.45) is 0 Å². The minimum absolute atomic E-state index is 0.0213. The van der Waals surface area contributed by atoms with E-state index in [9.17, 15) is 22.9 Å². The summed E-state index contributed by atoms with van der Waals surface area (Å²) in [5.74, 6) is -2.44. The van der Waals surface area contributed by atoms with Gasteiger partial charge in [-0.05, 0) is 49.6 Å². The molecule has 0 spiro atoms. The van der Waals surface area contributed by atoms with E-state index in [4.69, 9.17) is 0 Å². The van der Waals surface area contributed by atoms with Crippen molar-refractivity contribution in [3.63, 3.8) is 0 Å². The molecule has 0 aromatic heterocycles. The first-order chi connectivity index (χ1) is 14.4. The second-order valence-electron chi connectivity index (χ2n) is 7.11. The van der Waals surface area contributed by atoms with Crippen molar-refractivity contribution in [1.82, 2.24) is 5.32 Å². The first-order valence-electron chi connectivity index (χ1n) is 9.67. The fourth-order valence-electron chi connectivity index (χ4n) is 3.37. The van der Waals surface area contributed by atoms with Crippen molar-refractivity contribution in [1.29, 1.82) is 5.26 Å². The Hall–Kier alpha value is -3.12. The molecule has 0 bridgehead atoms. The molecule has 1 atom stereocenters. The zero-order valence-electron chi connectivity index (χ0n) is 16.3. The summed E-state index contributed by atoms with van der Waals surface area (Å²) in [6, 6.07) is 13.0. The normalized spacial score (nSPS) is 15.1. The van der Waals surface area contributed by atoms with Crippen molar-refractivity contribution in [3.8, 4) is 6.07 Å². The topological polar surface area (TPSA) is 102 Å². The number of nitrogens with zero attached hydrogens (tertiary/aromatic N) is 2. The van der Waals surface area contributed by atoms with Crippen LogP contribution in [0.1, 0.15) is 30.9 Å². The molecule has 1 saturated heterocycles. The van der Waals surface area contributed by atoms with Crippen molar-refractivity contribution in [2.45, 2.75) is 25.3 Å². The summed E-state index contributed by atoms with van der Waals surface area (Å²) >= 11 is 0. The first-order valence-corrected chi connectivity index (χ1v) is 11.3. The van der Waals surface area contributed by atoms with E-state index in [1.54, 1.807) is 18.2 Å². The number of rotatable bonds is 7. The van der Waals surface area contributed by atoms with Crippen LogP contribution in [0.4, 0.5) is 15.8 Å². The molecule has 2 N–H and O–H groups in total. The number of carbonyl (C=O) groups excluding carboxylic acids is 1. The van der Waals surface area contributed by atoms with Crippen LogP contribution in [0.15, 0.2) is 48.5 Å². The van der Waals surface area contributed by atoms with E-state index in [-0.39, 0.29) is 5.56 Å². The smallest absolute Gasteiger partial charge is 0.241 e. The van der Waals surface area contributed by atoms with E-state index in [2.05, 4.69) is 14.9 Å². The van der Waals surface area contributed by atoms with E-state index in [0.717, 1.165) is 37.7 Å². The minimum atomic E-state index is -4.00. The van der Waals surface area contributed by atoms with Crippen molar-refractivity contribution < 1.29 is 17.6 Å². The number of carbonyl (C=O) groups is 1. The molecule has 30 heavy (non-hydrogen) atoms. The number of piperidine rings is 1. The van der Waals surface area contributed by atoms with E-state index in [0.29, 0.717) is 5.69 Å². The van der Waals surface area contributed by atoms with Gasteiger partial charge in [-0.2, -0.15) is 5.26 Å². The highest BCUT2D eigenvalue weighted by atomic mass is 32.2. The predicted octanol–water partition coefficient (Wildman–Crippen LogP) is 2.94. The molecule has 2 aromatic rings. The van der Waals surface area contributed by atoms with E-state index in [1.165, 1.54) is 24.6 Å². The largest absolute Gasteiger partial charge is 0.372 e. The number of hydrogen-bond donors (Lipinski definition) is 2. The number of hydrogen-bond acceptors (Lipinski definition) is 5. The molecule has 158 valence electrons. The Balaban J connectivity index is 1.59. The van der Waals surface area contributed by atoms with Gasteiger partial charge in [-0.3, -0.25) is 9.52 Å². The summed E-state index contributed by atoms with van der Waals surface area (Å²) in [5.41, 5.74) is 1.35. The van der Waals surface area contributed by atoms with E-state index >= 15 is 0 Å². The third-order valence-corrected chi connectivity index (χ3v) is 6.02. The lowest BCUT2D eigenvalue weighted by Gasteiger charge is -2.28. The van der Waals surface area contributed by atoms with E-state index < -0.39 is 33.5 Å². The Morgan fingerprint density at radius 2 is 1.77 bits per heavy atom. The minimum Gasteiger partial charge on any atom is -0.372 e. The molecule has 1 unspecified atom stereocenters. The number of halogens is 1. The van der Waals surface area contributed by atoms with Gasteiger partial charge in [-0.15, -0.1) is 0 Å². The summed E-state index contributed by atoms with van der Waals surface area (Å²) < 4.78 is 40.9. The Morgan fingerprint density at radius 3 is 2.40 bits per heavy atom. The second-order valence-corrected chi connectivity index (χ2v) is 8.83. The number of amides is 1. The van der Waals surface area contributed by atoms with Gasteiger partial charge < -0.3 is 10.2 Å². The lowest BCUT2D eigenvalue weighted by atomic mass is 10.1. The van der Waals surface area contributed by atoms with Gasteiger partial charge in [-0.25, -0.2) is 12.8 Å². The van der Waals surface area contributed by atoms with Crippen LogP contribution in [0.3, 0.4) is 0 Å². The van der Waals surface area contributed by atoms with Crippen molar-refractivity contribution >= 4 is 27.3 Å². The van der Waals surface area contributed by atoms with Crippen LogP contribution in [-0.2, 0) is 14.8 Å². The highest BCUT2D eigenvalue weighted by Gasteiger charge is 2.22. The summed E-state index contributed by atoms with van der Waals surface area (Å²) in [6.07, 6.45) is 3.50. The maximum Gasteiger partial charge on any atom is 0.241 e. The van der Waals surface area contributed by atoms with Crippen LogP contribution >= 0.6 is 0 Å². The molecular weight excluding hydrogens is 407 g/mol. The van der Waals surface area contributed by atoms with Gasteiger partial charge >= 0.3 is 0 Å². The van der Waals surface area contributed by atoms with Crippen molar-refractivity contribution in [3.05, 3.63) is 59.9 Å². The van der Waals surface area contributed by atoms with Gasteiger partial charge in [0.15, 0.2) is 0 Å². The third-order valence-electron chi connectivity index (χ3n) is 4.83. The number of benzene rings is 2. The molecule has 1 aliphatic heterocycles. The molecular formula is C21H23FN4O3S. The second kappa shape index (κ2) is 9.59. The van der Waals surface area contributed by atoms with Gasteiger partial charge in [0, 0.05) is 30.0 Å². The average molecular weight is 431 g/mol. The summed E-state index contributed by atoms with van der Waals surface area (Å²) in [4.78, 5) is 14.4. The molecule has 2 aromatic carbocycles. The molecule has 1 amide bonds. The molecule has 1 fully saturated rings. The van der Waals surface area contributed by atoms with Crippen molar-refractivity contribution in [2.75, 3.05) is 28.5 Å². The maximum atomic E-state index is 13.8. The maximum absolute atomic E-state index is 13.8. The predicted molar refractivity (Wildman–Crippen MR) is 113 cm³/mol. The highest BCUT2D eigenvalue weighted by Crippen LogP contribution is 2.22. The lowest BCUT2D eigenvalue weighted by Crippen LogP contribution is -2.35. The summed E-state index contributed by atoms with van der Waals surface area (Å²) in [7, 11) is -4.00. The van der Waals surface area contributed by atoms with Gasteiger partial charge in [0.05, 0.1) is 6.07 Å². The quantitative estimate of drug-likeness (QED) is 0.703.